The van der Waals surface area contributed by atoms with Crippen molar-refractivity contribution in [2.24, 2.45) is 10.9 Å². The summed E-state index contributed by atoms with van der Waals surface area (Å²) < 4.78 is 0. The lowest BCUT2D eigenvalue weighted by Crippen LogP contribution is -2.36. The van der Waals surface area contributed by atoms with Crippen molar-refractivity contribution in [3.63, 3.8) is 0 Å². The fourth-order valence-electron chi connectivity index (χ4n) is 1.89. The molecule has 1 aliphatic carbocycles. The summed E-state index contributed by atoms with van der Waals surface area (Å²) in [6, 6.07) is 0.674. The molecule has 0 spiro atoms. The number of hydrogen-bond donors (Lipinski definition) is 1. The first-order chi connectivity index (χ1) is 5.38. The van der Waals surface area contributed by atoms with Gasteiger partial charge in [-0.1, -0.05) is 12.8 Å². The molecule has 64 valence electrons. The molecule has 1 aliphatic rings. The van der Waals surface area contributed by atoms with Gasteiger partial charge in [0.25, 0.3) is 0 Å². The van der Waals surface area contributed by atoms with E-state index in [9.17, 15) is 0 Å². The zero-order chi connectivity index (χ0) is 8.10. The Morgan fingerprint density at radius 2 is 2.09 bits per heavy atom. The highest BCUT2D eigenvalue weighted by molar-refractivity contribution is 5.61. The van der Waals surface area contributed by atoms with E-state index in [1.165, 1.54) is 25.7 Å². The summed E-state index contributed by atoms with van der Waals surface area (Å²) in [7, 11) is 3.91. The van der Waals surface area contributed by atoms with Crippen LogP contribution in [-0.2, 0) is 0 Å². The SMILES string of the molecule is C/N=C/[C@@H]1CCCC[C@H]1NC. The fourth-order valence-corrected chi connectivity index (χ4v) is 1.89. The third-order valence-corrected chi connectivity index (χ3v) is 2.53. The van der Waals surface area contributed by atoms with Crippen molar-refractivity contribution in [2.75, 3.05) is 14.1 Å². The highest BCUT2D eigenvalue weighted by atomic mass is 14.9. The molecule has 1 saturated carbocycles. The zero-order valence-electron chi connectivity index (χ0n) is 7.51. The van der Waals surface area contributed by atoms with Crippen molar-refractivity contribution in [1.82, 2.24) is 5.32 Å². The predicted molar refractivity (Wildman–Crippen MR) is 49.2 cm³/mol. The van der Waals surface area contributed by atoms with Gasteiger partial charge in [0.1, 0.15) is 0 Å². The molecule has 0 saturated heterocycles. The van der Waals surface area contributed by atoms with Gasteiger partial charge in [0.2, 0.25) is 0 Å². The highest BCUT2D eigenvalue weighted by Crippen LogP contribution is 2.22. The topological polar surface area (TPSA) is 24.4 Å². The Kier molecular flexibility index (Phi) is 3.57. The quantitative estimate of drug-likeness (QED) is 0.598. The first-order valence-corrected chi connectivity index (χ1v) is 4.48. The highest BCUT2D eigenvalue weighted by Gasteiger charge is 2.21. The van der Waals surface area contributed by atoms with E-state index in [1.54, 1.807) is 0 Å². The second-order valence-corrected chi connectivity index (χ2v) is 3.25. The molecule has 0 radical (unpaired) electrons. The van der Waals surface area contributed by atoms with Crippen LogP contribution in [0.1, 0.15) is 25.7 Å². The third-order valence-electron chi connectivity index (χ3n) is 2.53. The van der Waals surface area contributed by atoms with E-state index in [2.05, 4.69) is 16.5 Å². The molecule has 0 aromatic heterocycles. The van der Waals surface area contributed by atoms with Gasteiger partial charge in [-0.05, 0) is 19.9 Å². The minimum Gasteiger partial charge on any atom is -0.316 e. The zero-order valence-corrected chi connectivity index (χ0v) is 7.51. The van der Waals surface area contributed by atoms with Crippen molar-refractivity contribution in [3.05, 3.63) is 0 Å². The van der Waals surface area contributed by atoms with Crippen LogP contribution in [0, 0.1) is 5.92 Å². The van der Waals surface area contributed by atoms with E-state index in [-0.39, 0.29) is 0 Å². The summed E-state index contributed by atoms with van der Waals surface area (Å²) in [6.45, 7) is 0. The van der Waals surface area contributed by atoms with E-state index < -0.39 is 0 Å². The molecule has 2 heteroatoms. The van der Waals surface area contributed by atoms with Crippen molar-refractivity contribution in [3.8, 4) is 0 Å². The van der Waals surface area contributed by atoms with Crippen LogP contribution in [0.5, 0.6) is 0 Å². The van der Waals surface area contributed by atoms with Crippen molar-refractivity contribution in [2.45, 2.75) is 31.7 Å². The van der Waals surface area contributed by atoms with Crippen molar-refractivity contribution in [1.29, 1.82) is 0 Å². The second-order valence-electron chi connectivity index (χ2n) is 3.25. The monoisotopic (exact) mass is 154 g/mol. The van der Waals surface area contributed by atoms with Crippen molar-refractivity contribution < 1.29 is 0 Å². The van der Waals surface area contributed by atoms with Crippen LogP contribution in [0.15, 0.2) is 4.99 Å². The maximum atomic E-state index is 4.09. The first kappa shape index (κ1) is 8.72. The fraction of sp³-hybridized carbons (Fsp3) is 0.889. The van der Waals surface area contributed by atoms with Gasteiger partial charge in [0, 0.05) is 25.2 Å². The van der Waals surface area contributed by atoms with E-state index >= 15 is 0 Å². The molecule has 1 rings (SSSR count). The Morgan fingerprint density at radius 3 is 2.73 bits per heavy atom. The summed E-state index contributed by atoms with van der Waals surface area (Å²) in [6.07, 6.45) is 7.46. The normalized spacial score (nSPS) is 32.9. The molecule has 1 fully saturated rings. The predicted octanol–water partition coefficient (Wildman–Crippen LogP) is 1.47. The molecule has 2 nitrogen and oxygen atoms in total. The Labute approximate surface area is 69.1 Å². The number of hydrogen-bond acceptors (Lipinski definition) is 2. The number of nitrogens with one attached hydrogen (secondary N) is 1. The van der Waals surface area contributed by atoms with Crippen LogP contribution in [0.25, 0.3) is 0 Å². The molecule has 0 heterocycles. The summed E-state index contributed by atoms with van der Waals surface area (Å²) in [5.41, 5.74) is 0. The molecule has 0 aromatic rings. The molecule has 0 aromatic carbocycles. The second kappa shape index (κ2) is 4.50. The largest absolute Gasteiger partial charge is 0.316 e. The average molecular weight is 154 g/mol. The van der Waals surface area contributed by atoms with Gasteiger partial charge in [0.15, 0.2) is 0 Å². The summed E-state index contributed by atoms with van der Waals surface area (Å²) >= 11 is 0. The number of aliphatic imine (C=N–C) groups is 1. The standard InChI is InChI=1S/C9H18N2/c1-10-7-8-5-3-4-6-9(8)11-2/h7-9,11H,3-6H2,1-2H3/b10-7+/t8-,9+/m0/s1. The van der Waals surface area contributed by atoms with Gasteiger partial charge in [-0.25, -0.2) is 0 Å². The van der Waals surface area contributed by atoms with Gasteiger partial charge >= 0.3 is 0 Å². The first-order valence-electron chi connectivity index (χ1n) is 4.48. The minimum absolute atomic E-state index is 0.674. The number of nitrogens with zero attached hydrogens (tertiary/aromatic N) is 1. The van der Waals surface area contributed by atoms with Gasteiger partial charge in [-0.15, -0.1) is 0 Å². The smallest absolute Gasteiger partial charge is 0.0273 e. The Balaban J connectivity index is 2.44. The lowest BCUT2D eigenvalue weighted by Gasteiger charge is -2.28. The van der Waals surface area contributed by atoms with Crippen molar-refractivity contribution >= 4 is 6.21 Å². The van der Waals surface area contributed by atoms with Crippen LogP contribution in [0.2, 0.25) is 0 Å². The summed E-state index contributed by atoms with van der Waals surface area (Å²) in [5, 5.41) is 3.35. The molecular weight excluding hydrogens is 136 g/mol. The summed E-state index contributed by atoms with van der Waals surface area (Å²) in [4.78, 5) is 4.09. The molecule has 11 heavy (non-hydrogen) atoms. The van der Waals surface area contributed by atoms with Gasteiger partial charge in [0.05, 0.1) is 0 Å². The lowest BCUT2D eigenvalue weighted by molar-refractivity contribution is 0.343. The Hall–Kier alpha value is -0.370. The van der Waals surface area contributed by atoms with Crippen LogP contribution in [0.4, 0.5) is 0 Å². The number of rotatable bonds is 2. The maximum absolute atomic E-state index is 4.09. The van der Waals surface area contributed by atoms with E-state index in [0.29, 0.717) is 12.0 Å². The van der Waals surface area contributed by atoms with Crippen LogP contribution >= 0.6 is 0 Å². The summed E-state index contributed by atoms with van der Waals surface area (Å²) in [5.74, 6) is 0.679. The van der Waals surface area contributed by atoms with Gasteiger partial charge in [-0.2, -0.15) is 0 Å². The molecular formula is C9H18N2. The molecule has 2 atom stereocenters. The van der Waals surface area contributed by atoms with E-state index in [1.807, 2.05) is 14.1 Å². The van der Waals surface area contributed by atoms with E-state index in [0.717, 1.165) is 0 Å². The van der Waals surface area contributed by atoms with Crippen LogP contribution in [0.3, 0.4) is 0 Å². The average Bonchev–Trinajstić information content (AvgIpc) is 2.06. The Morgan fingerprint density at radius 1 is 1.36 bits per heavy atom. The molecule has 0 amide bonds. The molecule has 1 N–H and O–H groups in total. The third kappa shape index (κ3) is 2.29. The maximum Gasteiger partial charge on any atom is 0.0273 e. The lowest BCUT2D eigenvalue weighted by atomic mass is 9.85. The minimum atomic E-state index is 0.674. The van der Waals surface area contributed by atoms with Crippen LogP contribution in [-0.4, -0.2) is 26.4 Å². The van der Waals surface area contributed by atoms with Crippen LogP contribution < -0.4 is 5.32 Å². The molecule has 0 bridgehead atoms. The molecule has 0 aliphatic heterocycles. The van der Waals surface area contributed by atoms with E-state index in [4.69, 9.17) is 0 Å². The Bertz CT molecular complexity index is 132. The van der Waals surface area contributed by atoms with Gasteiger partial charge in [-0.3, -0.25) is 0 Å². The van der Waals surface area contributed by atoms with Gasteiger partial charge < -0.3 is 10.3 Å². The molecule has 0 unspecified atom stereocenters.